The number of pyridine rings is 1. The molecule has 1 rings (SSSR count). The molecule has 0 aliphatic carbocycles. The van der Waals surface area contributed by atoms with E-state index in [-0.39, 0.29) is 18.1 Å². The maximum atomic E-state index is 12.3. The van der Waals surface area contributed by atoms with Crippen LogP contribution in [0.1, 0.15) is 16.1 Å². The van der Waals surface area contributed by atoms with Crippen LogP contribution in [-0.4, -0.2) is 40.4 Å². The second-order valence-electron chi connectivity index (χ2n) is 3.68. The number of carbonyl (C=O) groups is 1. The Kier molecular flexibility index (Phi) is 4.30. The first-order valence-electron chi connectivity index (χ1n) is 5.01. The van der Waals surface area contributed by atoms with Crippen LogP contribution < -0.4 is 5.73 Å². The molecule has 0 unspecified atom stereocenters. The second kappa shape index (κ2) is 5.55. The maximum absolute atomic E-state index is 12.3. The zero-order valence-electron chi connectivity index (χ0n) is 9.85. The van der Waals surface area contributed by atoms with Gasteiger partial charge in [0.15, 0.2) is 5.84 Å². The number of rotatable bonds is 3. The molecule has 1 aromatic heterocycles. The molecule has 0 aromatic carbocycles. The lowest BCUT2D eigenvalue weighted by molar-refractivity contribution is -0.137. The number of nitrogens with two attached hydrogens (primary N) is 1. The van der Waals surface area contributed by atoms with Gasteiger partial charge in [0, 0.05) is 13.2 Å². The van der Waals surface area contributed by atoms with Gasteiger partial charge in [-0.05, 0) is 12.1 Å². The Morgan fingerprint density at radius 3 is 2.58 bits per heavy atom. The quantitative estimate of drug-likeness (QED) is 0.371. The van der Waals surface area contributed by atoms with Crippen molar-refractivity contribution in [2.75, 3.05) is 13.6 Å². The van der Waals surface area contributed by atoms with E-state index in [0.717, 1.165) is 17.0 Å². The summed E-state index contributed by atoms with van der Waals surface area (Å²) in [7, 11) is 1.35. The molecular weight excluding hydrogens is 265 g/mol. The fraction of sp³-hybridized carbons (Fsp3) is 0.300. The molecule has 3 N–H and O–H groups in total. The number of hydrogen-bond acceptors (Lipinski definition) is 4. The van der Waals surface area contributed by atoms with Crippen molar-refractivity contribution in [3.63, 3.8) is 0 Å². The third-order valence-corrected chi connectivity index (χ3v) is 2.18. The Balaban J connectivity index is 2.84. The zero-order valence-corrected chi connectivity index (χ0v) is 9.85. The number of halogens is 3. The van der Waals surface area contributed by atoms with Gasteiger partial charge in [0.2, 0.25) is 0 Å². The number of likely N-dealkylation sites (N-methyl/N-ethyl adjacent to an activating group) is 1. The lowest BCUT2D eigenvalue weighted by Gasteiger charge is -2.15. The highest BCUT2D eigenvalue weighted by atomic mass is 19.4. The standard InChI is InChI=1S/C10H11F3N4O2/c1-17(5-8(14)16-19)9(18)7-3-2-6(4-15-7)10(11,12)13/h2-4,19H,5H2,1H3,(H2,14,16). The van der Waals surface area contributed by atoms with Crippen molar-refractivity contribution < 1.29 is 23.2 Å². The van der Waals surface area contributed by atoms with Gasteiger partial charge in [0.1, 0.15) is 5.69 Å². The third kappa shape index (κ3) is 3.83. The largest absolute Gasteiger partial charge is 0.417 e. The molecule has 0 fully saturated rings. The monoisotopic (exact) mass is 276 g/mol. The normalized spacial score (nSPS) is 12.3. The number of carbonyl (C=O) groups excluding carboxylic acids is 1. The van der Waals surface area contributed by atoms with E-state index < -0.39 is 17.6 Å². The third-order valence-electron chi connectivity index (χ3n) is 2.18. The van der Waals surface area contributed by atoms with Crippen LogP contribution in [-0.2, 0) is 6.18 Å². The first kappa shape index (κ1) is 14.7. The molecule has 6 nitrogen and oxygen atoms in total. The van der Waals surface area contributed by atoms with Crippen molar-refractivity contribution >= 4 is 11.7 Å². The molecule has 0 aliphatic heterocycles. The van der Waals surface area contributed by atoms with E-state index in [9.17, 15) is 18.0 Å². The summed E-state index contributed by atoms with van der Waals surface area (Å²) in [6.45, 7) is -0.169. The van der Waals surface area contributed by atoms with E-state index >= 15 is 0 Å². The van der Waals surface area contributed by atoms with Gasteiger partial charge >= 0.3 is 6.18 Å². The van der Waals surface area contributed by atoms with Crippen LogP contribution in [0.4, 0.5) is 13.2 Å². The number of hydrogen-bond donors (Lipinski definition) is 2. The Hall–Kier alpha value is -2.32. The molecule has 1 aromatic rings. The van der Waals surface area contributed by atoms with E-state index in [1.165, 1.54) is 7.05 Å². The van der Waals surface area contributed by atoms with Gasteiger partial charge in [-0.3, -0.25) is 9.78 Å². The van der Waals surface area contributed by atoms with Crippen LogP contribution >= 0.6 is 0 Å². The summed E-state index contributed by atoms with van der Waals surface area (Å²) in [5, 5.41) is 11.0. The van der Waals surface area contributed by atoms with Crippen LogP contribution in [0.2, 0.25) is 0 Å². The Morgan fingerprint density at radius 2 is 2.16 bits per heavy atom. The molecule has 0 spiro atoms. The molecule has 19 heavy (non-hydrogen) atoms. The highest BCUT2D eigenvalue weighted by Gasteiger charge is 2.31. The van der Waals surface area contributed by atoms with Crippen molar-refractivity contribution in [1.82, 2.24) is 9.88 Å². The van der Waals surface area contributed by atoms with E-state index in [2.05, 4.69) is 10.1 Å². The maximum Gasteiger partial charge on any atom is 0.417 e. The van der Waals surface area contributed by atoms with Gasteiger partial charge in [-0.2, -0.15) is 13.2 Å². The minimum Gasteiger partial charge on any atom is -0.409 e. The van der Waals surface area contributed by atoms with Gasteiger partial charge in [-0.15, -0.1) is 0 Å². The fourth-order valence-corrected chi connectivity index (χ4v) is 1.23. The molecule has 0 saturated heterocycles. The highest BCUT2D eigenvalue weighted by molar-refractivity contribution is 5.95. The Morgan fingerprint density at radius 1 is 1.53 bits per heavy atom. The SMILES string of the molecule is CN(C/C(N)=N/O)C(=O)c1ccc(C(F)(F)F)cn1. The summed E-state index contributed by atoms with van der Waals surface area (Å²) in [5.74, 6) is -0.844. The highest BCUT2D eigenvalue weighted by Crippen LogP contribution is 2.28. The fourth-order valence-electron chi connectivity index (χ4n) is 1.23. The van der Waals surface area contributed by atoms with E-state index in [0.29, 0.717) is 6.20 Å². The van der Waals surface area contributed by atoms with Gasteiger partial charge in [0.05, 0.1) is 12.1 Å². The summed E-state index contributed by atoms with van der Waals surface area (Å²) in [6.07, 6.45) is -3.93. The van der Waals surface area contributed by atoms with Crippen LogP contribution in [0.25, 0.3) is 0 Å². The summed E-state index contributed by atoms with van der Waals surface area (Å²) in [6, 6.07) is 1.73. The average Bonchev–Trinajstić information content (AvgIpc) is 2.36. The molecular formula is C10H11F3N4O2. The zero-order chi connectivity index (χ0) is 14.6. The van der Waals surface area contributed by atoms with Gasteiger partial charge in [-0.1, -0.05) is 5.16 Å². The average molecular weight is 276 g/mol. The van der Waals surface area contributed by atoms with Crippen molar-refractivity contribution in [2.24, 2.45) is 10.9 Å². The topological polar surface area (TPSA) is 91.8 Å². The number of alkyl halides is 3. The van der Waals surface area contributed by atoms with Crippen LogP contribution in [0, 0.1) is 0 Å². The van der Waals surface area contributed by atoms with Crippen molar-refractivity contribution in [1.29, 1.82) is 0 Å². The number of aromatic nitrogens is 1. The smallest absolute Gasteiger partial charge is 0.409 e. The molecule has 0 aliphatic rings. The Labute approximate surface area is 106 Å². The van der Waals surface area contributed by atoms with Crippen molar-refractivity contribution in [3.05, 3.63) is 29.6 Å². The van der Waals surface area contributed by atoms with Crippen LogP contribution in [0.15, 0.2) is 23.5 Å². The van der Waals surface area contributed by atoms with E-state index in [1.54, 1.807) is 0 Å². The molecule has 0 bridgehead atoms. The van der Waals surface area contributed by atoms with Gasteiger partial charge < -0.3 is 15.8 Å². The van der Waals surface area contributed by atoms with E-state index in [4.69, 9.17) is 10.9 Å². The van der Waals surface area contributed by atoms with Crippen LogP contribution in [0.5, 0.6) is 0 Å². The predicted octanol–water partition coefficient (Wildman–Crippen LogP) is 0.919. The summed E-state index contributed by atoms with van der Waals surface area (Å²) in [4.78, 5) is 16.3. The van der Waals surface area contributed by atoms with Crippen molar-refractivity contribution in [3.8, 4) is 0 Å². The summed E-state index contributed by atoms with van der Waals surface area (Å²) >= 11 is 0. The number of nitrogens with zero attached hydrogens (tertiary/aromatic N) is 3. The second-order valence-corrected chi connectivity index (χ2v) is 3.68. The minimum atomic E-state index is -4.51. The first-order valence-corrected chi connectivity index (χ1v) is 5.01. The Bertz CT molecular complexity index is 485. The number of amidine groups is 1. The lowest BCUT2D eigenvalue weighted by atomic mass is 10.2. The molecule has 1 heterocycles. The molecule has 0 radical (unpaired) electrons. The molecule has 0 saturated carbocycles. The van der Waals surface area contributed by atoms with Crippen LogP contribution in [0.3, 0.4) is 0 Å². The van der Waals surface area contributed by atoms with Crippen molar-refractivity contribution in [2.45, 2.75) is 6.18 Å². The van der Waals surface area contributed by atoms with Gasteiger partial charge in [-0.25, -0.2) is 0 Å². The van der Waals surface area contributed by atoms with Gasteiger partial charge in [0.25, 0.3) is 5.91 Å². The molecule has 9 heteroatoms. The minimum absolute atomic E-state index is 0.166. The molecule has 104 valence electrons. The summed E-state index contributed by atoms with van der Waals surface area (Å²) in [5.41, 5.74) is 4.10. The summed E-state index contributed by atoms with van der Waals surface area (Å²) < 4.78 is 36.9. The number of amides is 1. The molecule has 1 amide bonds. The number of oxime groups is 1. The lowest BCUT2D eigenvalue weighted by Crippen LogP contribution is -2.36. The molecule has 0 atom stereocenters. The predicted molar refractivity (Wildman–Crippen MR) is 59.6 cm³/mol. The van der Waals surface area contributed by atoms with E-state index in [1.807, 2.05) is 0 Å². The first-order chi connectivity index (χ1) is 8.75.